The third-order valence-electron chi connectivity index (χ3n) is 3.35. The van der Waals surface area contributed by atoms with Gasteiger partial charge in [-0.05, 0) is 25.0 Å². The van der Waals surface area contributed by atoms with Crippen LogP contribution in [0.4, 0.5) is 5.69 Å². The van der Waals surface area contributed by atoms with Gasteiger partial charge in [-0.15, -0.1) is 0 Å². The van der Waals surface area contributed by atoms with E-state index >= 15 is 0 Å². The molecule has 1 aliphatic heterocycles. The number of nitrogens with two attached hydrogens (primary N) is 2. The number of amides is 2. The topological polar surface area (TPSA) is 114 Å². The zero-order valence-corrected chi connectivity index (χ0v) is 11.2. The Balaban J connectivity index is 1.88. The zero-order valence-electron chi connectivity index (χ0n) is 11.2. The van der Waals surface area contributed by atoms with E-state index in [1.165, 1.54) is 0 Å². The van der Waals surface area contributed by atoms with Crippen LogP contribution in [0.25, 0.3) is 0 Å². The summed E-state index contributed by atoms with van der Waals surface area (Å²) in [5.74, 6) is -0.832. The molecule has 5 N–H and O–H groups in total. The minimum Gasteiger partial charge on any atom is -0.382 e. The van der Waals surface area contributed by atoms with E-state index in [0.717, 1.165) is 31.6 Å². The van der Waals surface area contributed by atoms with Crippen molar-refractivity contribution in [1.82, 2.24) is 9.88 Å². The molecular weight excluding hydrogens is 258 g/mol. The molecule has 1 saturated heterocycles. The minimum absolute atomic E-state index is 0.251. The van der Waals surface area contributed by atoms with Gasteiger partial charge >= 0.3 is 0 Å². The fourth-order valence-corrected chi connectivity index (χ4v) is 2.35. The van der Waals surface area contributed by atoms with Gasteiger partial charge in [0.15, 0.2) is 0 Å². The molecule has 0 saturated carbocycles. The molecule has 0 aromatic carbocycles. The third-order valence-corrected chi connectivity index (χ3v) is 3.35. The van der Waals surface area contributed by atoms with Crippen molar-refractivity contribution in [3.8, 4) is 0 Å². The summed E-state index contributed by atoms with van der Waals surface area (Å²) in [6.45, 7) is 1.97. The smallest absolute Gasteiger partial charge is 0.267 e. The van der Waals surface area contributed by atoms with Crippen molar-refractivity contribution in [3.63, 3.8) is 0 Å². The number of pyridine rings is 1. The van der Waals surface area contributed by atoms with Crippen molar-refractivity contribution in [1.29, 1.82) is 0 Å². The minimum atomic E-state index is -0.537. The Kier molecular flexibility index (Phi) is 4.52. The van der Waals surface area contributed by atoms with E-state index in [-0.39, 0.29) is 11.6 Å². The molecule has 2 heterocycles. The molecule has 1 aromatic heterocycles. The highest BCUT2D eigenvalue weighted by molar-refractivity contribution is 5.91. The Labute approximate surface area is 117 Å². The number of hydrogen-bond acceptors (Lipinski definition) is 5. The molecule has 0 atom stereocenters. The average molecular weight is 277 g/mol. The van der Waals surface area contributed by atoms with Gasteiger partial charge in [0.05, 0.1) is 6.54 Å². The van der Waals surface area contributed by atoms with Crippen LogP contribution in [0.15, 0.2) is 18.3 Å². The Hall–Kier alpha value is -2.15. The Bertz CT molecular complexity index is 497. The fraction of sp³-hybridized carbons (Fsp3) is 0.462. The lowest BCUT2D eigenvalue weighted by Crippen LogP contribution is -2.42. The molecule has 0 aliphatic carbocycles. The van der Waals surface area contributed by atoms with Gasteiger partial charge in [-0.2, -0.15) is 0 Å². The highest BCUT2D eigenvalue weighted by atomic mass is 16.1. The SMILES string of the molecule is NC(=O)CN1CCC(Nc2ccnc(C(N)=O)c2)CC1. The molecule has 7 nitrogen and oxygen atoms in total. The van der Waals surface area contributed by atoms with E-state index in [2.05, 4.69) is 10.3 Å². The molecule has 2 rings (SSSR count). The summed E-state index contributed by atoms with van der Waals surface area (Å²) < 4.78 is 0. The van der Waals surface area contributed by atoms with Crippen LogP contribution in [0, 0.1) is 0 Å². The quantitative estimate of drug-likeness (QED) is 0.674. The molecule has 0 unspecified atom stereocenters. The van der Waals surface area contributed by atoms with Gasteiger partial charge in [0, 0.05) is 31.0 Å². The molecular formula is C13H19N5O2. The third kappa shape index (κ3) is 3.92. The van der Waals surface area contributed by atoms with Crippen molar-refractivity contribution < 1.29 is 9.59 Å². The number of carbonyl (C=O) groups is 2. The van der Waals surface area contributed by atoms with Crippen molar-refractivity contribution >= 4 is 17.5 Å². The van der Waals surface area contributed by atoms with E-state index in [1.54, 1.807) is 12.3 Å². The lowest BCUT2D eigenvalue weighted by molar-refractivity contribution is -0.119. The van der Waals surface area contributed by atoms with E-state index in [0.29, 0.717) is 12.6 Å². The number of carbonyl (C=O) groups excluding carboxylic acids is 2. The van der Waals surface area contributed by atoms with Gasteiger partial charge in [0.1, 0.15) is 5.69 Å². The molecule has 1 aliphatic rings. The number of anilines is 1. The summed E-state index contributed by atoms with van der Waals surface area (Å²) in [6, 6.07) is 3.77. The van der Waals surface area contributed by atoms with Gasteiger partial charge < -0.3 is 16.8 Å². The van der Waals surface area contributed by atoms with Crippen LogP contribution < -0.4 is 16.8 Å². The van der Waals surface area contributed by atoms with Gasteiger partial charge in [0.2, 0.25) is 5.91 Å². The van der Waals surface area contributed by atoms with Crippen LogP contribution in [0.3, 0.4) is 0 Å². The van der Waals surface area contributed by atoms with Crippen LogP contribution >= 0.6 is 0 Å². The second-order valence-electron chi connectivity index (χ2n) is 4.96. The molecule has 1 aromatic rings. The summed E-state index contributed by atoms with van der Waals surface area (Å²) in [7, 11) is 0. The highest BCUT2D eigenvalue weighted by Gasteiger charge is 2.20. The number of primary amides is 2. The zero-order chi connectivity index (χ0) is 14.5. The Morgan fingerprint density at radius 3 is 2.65 bits per heavy atom. The molecule has 0 radical (unpaired) electrons. The molecule has 1 fully saturated rings. The van der Waals surface area contributed by atoms with E-state index in [9.17, 15) is 9.59 Å². The van der Waals surface area contributed by atoms with E-state index < -0.39 is 5.91 Å². The van der Waals surface area contributed by atoms with E-state index in [4.69, 9.17) is 11.5 Å². The van der Waals surface area contributed by atoms with Gasteiger partial charge in [0.25, 0.3) is 5.91 Å². The average Bonchev–Trinajstić information content (AvgIpc) is 2.41. The molecule has 2 amide bonds. The number of nitrogens with one attached hydrogen (secondary N) is 1. The summed E-state index contributed by atoms with van der Waals surface area (Å²) in [6.07, 6.45) is 3.40. The maximum Gasteiger partial charge on any atom is 0.267 e. The lowest BCUT2D eigenvalue weighted by Gasteiger charge is -2.32. The molecule has 108 valence electrons. The molecule has 7 heteroatoms. The first-order chi connectivity index (χ1) is 9.54. The van der Waals surface area contributed by atoms with Crippen molar-refractivity contribution in [2.24, 2.45) is 11.5 Å². The van der Waals surface area contributed by atoms with Crippen molar-refractivity contribution in [2.45, 2.75) is 18.9 Å². The van der Waals surface area contributed by atoms with Crippen molar-refractivity contribution in [2.75, 3.05) is 25.0 Å². The summed E-state index contributed by atoms with van der Waals surface area (Å²) in [5, 5.41) is 3.36. The van der Waals surface area contributed by atoms with Gasteiger partial charge in [-0.3, -0.25) is 19.5 Å². The molecule has 0 bridgehead atoms. The largest absolute Gasteiger partial charge is 0.382 e. The Morgan fingerprint density at radius 2 is 2.05 bits per heavy atom. The summed E-state index contributed by atoms with van der Waals surface area (Å²) >= 11 is 0. The number of rotatable bonds is 5. The predicted molar refractivity (Wildman–Crippen MR) is 75.0 cm³/mol. The molecule has 0 spiro atoms. The van der Waals surface area contributed by atoms with Crippen LogP contribution in [0.2, 0.25) is 0 Å². The van der Waals surface area contributed by atoms with Crippen LogP contribution in [0.5, 0.6) is 0 Å². The van der Waals surface area contributed by atoms with E-state index in [1.807, 2.05) is 11.0 Å². The first-order valence-corrected chi connectivity index (χ1v) is 6.57. The normalized spacial score (nSPS) is 16.8. The van der Waals surface area contributed by atoms with Crippen LogP contribution in [-0.2, 0) is 4.79 Å². The second kappa shape index (κ2) is 6.33. The number of likely N-dealkylation sites (tertiary alicyclic amines) is 1. The van der Waals surface area contributed by atoms with Crippen molar-refractivity contribution in [3.05, 3.63) is 24.0 Å². The van der Waals surface area contributed by atoms with Crippen LogP contribution in [-0.4, -0.2) is 47.4 Å². The first kappa shape index (κ1) is 14.3. The lowest BCUT2D eigenvalue weighted by atomic mass is 10.0. The monoisotopic (exact) mass is 277 g/mol. The number of nitrogens with zero attached hydrogens (tertiary/aromatic N) is 2. The van der Waals surface area contributed by atoms with Gasteiger partial charge in [-0.25, -0.2) is 0 Å². The fourth-order valence-electron chi connectivity index (χ4n) is 2.35. The van der Waals surface area contributed by atoms with Gasteiger partial charge in [-0.1, -0.05) is 0 Å². The van der Waals surface area contributed by atoms with Crippen LogP contribution in [0.1, 0.15) is 23.3 Å². The first-order valence-electron chi connectivity index (χ1n) is 6.57. The maximum atomic E-state index is 11.1. The Morgan fingerprint density at radius 1 is 1.35 bits per heavy atom. The predicted octanol–water partition coefficient (Wildman–Crippen LogP) is -0.458. The number of piperidine rings is 1. The molecule has 20 heavy (non-hydrogen) atoms. The highest BCUT2D eigenvalue weighted by Crippen LogP contribution is 2.16. The standard InChI is InChI=1S/C13H19N5O2/c14-12(19)8-18-5-2-9(3-6-18)17-10-1-4-16-11(7-10)13(15)20/h1,4,7,9H,2-3,5-6,8H2,(H2,14,19)(H2,15,20)(H,16,17). The maximum absolute atomic E-state index is 11.1. The number of hydrogen-bond donors (Lipinski definition) is 3. The summed E-state index contributed by atoms with van der Waals surface area (Å²) in [4.78, 5) is 27.9. The summed E-state index contributed by atoms with van der Waals surface area (Å²) in [5.41, 5.74) is 11.5. The second-order valence-corrected chi connectivity index (χ2v) is 4.96. The number of aromatic nitrogens is 1.